The maximum atomic E-state index is 13.8. The summed E-state index contributed by atoms with van der Waals surface area (Å²) in [5.41, 5.74) is 5.46. The Morgan fingerprint density at radius 3 is 2.45 bits per heavy atom. The fourth-order valence-corrected chi connectivity index (χ4v) is 3.40. The topological polar surface area (TPSA) is 99.7 Å². The van der Waals surface area contributed by atoms with Gasteiger partial charge in [0.15, 0.2) is 11.6 Å². The van der Waals surface area contributed by atoms with Crippen LogP contribution in [0.3, 0.4) is 0 Å². The van der Waals surface area contributed by atoms with Crippen molar-refractivity contribution in [3.8, 4) is 5.88 Å². The molecule has 8 nitrogen and oxygen atoms in total. The third kappa shape index (κ3) is 5.38. The second-order valence-corrected chi connectivity index (χ2v) is 7.23. The number of methoxy groups -OCH3 is 1. The number of alkyl halides is 3. The molecule has 2 heterocycles. The van der Waals surface area contributed by atoms with Gasteiger partial charge in [0.05, 0.1) is 13.7 Å². The Kier molecular flexibility index (Phi) is 6.86. The van der Waals surface area contributed by atoms with E-state index >= 15 is 0 Å². The van der Waals surface area contributed by atoms with Crippen LogP contribution in [-0.2, 0) is 35.2 Å². The number of nitrogens with zero attached hydrogens (tertiary/aromatic N) is 3. The van der Waals surface area contributed by atoms with E-state index in [1.165, 1.54) is 4.90 Å². The van der Waals surface area contributed by atoms with E-state index in [9.17, 15) is 35.9 Å². The van der Waals surface area contributed by atoms with E-state index in [2.05, 4.69) is 9.72 Å². The zero-order valence-corrected chi connectivity index (χ0v) is 17.1. The maximum Gasteiger partial charge on any atom is 0.514 e. The molecule has 2 N–H and O–H groups in total. The molecule has 180 valence electrons. The van der Waals surface area contributed by atoms with Crippen LogP contribution in [0.15, 0.2) is 12.1 Å². The van der Waals surface area contributed by atoms with Crippen molar-refractivity contribution in [1.82, 2.24) is 14.5 Å². The lowest BCUT2D eigenvalue weighted by molar-refractivity contribution is -0.148. The highest BCUT2D eigenvalue weighted by Crippen LogP contribution is 2.35. The zero-order valence-electron chi connectivity index (χ0n) is 17.1. The number of fused-ring (bicyclic) bond motifs is 1. The minimum absolute atomic E-state index is 0.130. The lowest BCUT2D eigenvalue weighted by atomic mass is 10.0. The number of aromatic nitrogens is 2. The molecule has 0 saturated heterocycles. The van der Waals surface area contributed by atoms with Gasteiger partial charge >= 0.3 is 12.3 Å². The average Bonchev–Trinajstić information content (AvgIpc) is 3.10. The van der Waals surface area contributed by atoms with Crippen LogP contribution in [0.1, 0.15) is 23.5 Å². The molecule has 0 unspecified atom stereocenters. The largest absolute Gasteiger partial charge is 0.514 e. The predicted octanol–water partition coefficient (Wildman–Crippen LogP) is 2.77. The smallest absolute Gasteiger partial charge is 0.437 e. The van der Waals surface area contributed by atoms with Gasteiger partial charge in [0.25, 0.3) is 0 Å². The van der Waals surface area contributed by atoms with E-state index in [1.807, 2.05) is 0 Å². The van der Waals surface area contributed by atoms with E-state index in [0.29, 0.717) is 12.1 Å². The van der Waals surface area contributed by atoms with Crippen molar-refractivity contribution in [2.75, 3.05) is 13.7 Å². The van der Waals surface area contributed by atoms with Crippen LogP contribution in [0.4, 0.5) is 31.1 Å². The number of hydrogen-bond donors (Lipinski definition) is 1. The summed E-state index contributed by atoms with van der Waals surface area (Å²) in [4.78, 5) is 28.5. The van der Waals surface area contributed by atoms with Crippen LogP contribution in [0.25, 0.3) is 0 Å². The highest BCUT2D eigenvalue weighted by molar-refractivity contribution is 5.77. The van der Waals surface area contributed by atoms with Crippen LogP contribution in [0.2, 0.25) is 0 Å². The number of halogens is 6. The van der Waals surface area contributed by atoms with E-state index in [1.54, 1.807) is 0 Å². The Morgan fingerprint density at radius 2 is 1.82 bits per heavy atom. The van der Waals surface area contributed by atoms with Gasteiger partial charge < -0.3 is 24.7 Å². The summed E-state index contributed by atoms with van der Waals surface area (Å²) in [6.45, 7) is -0.795. The Labute approximate surface area is 182 Å². The van der Waals surface area contributed by atoms with Gasteiger partial charge in [0, 0.05) is 31.6 Å². The summed E-state index contributed by atoms with van der Waals surface area (Å²) in [7, 11) is 0.961. The summed E-state index contributed by atoms with van der Waals surface area (Å²) in [6.07, 6.45) is -6.76. The summed E-state index contributed by atoms with van der Waals surface area (Å²) in [6, 6.07) is 0.0236. The van der Waals surface area contributed by atoms with E-state index in [4.69, 9.17) is 10.5 Å². The summed E-state index contributed by atoms with van der Waals surface area (Å²) >= 11 is 0. The van der Waals surface area contributed by atoms with Gasteiger partial charge in [0.1, 0.15) is 11.5 Å². The van der Waals surface area contributed by atoms with Crippen LogP contribution < -0.4 is 10.5 Å². The first-order valence-electron chi connectivity index (χ1n) is 9.49. The first-order chi connectivity index (χ1) is 15.4. The highest BCUT2D eigenvalue weighted by Gasteiger charge is 2.41. The van der Waals surface area contributed by atoms with Crippen molar-refractivity contribution in [2.45, 2.75) is 38.1 Å². The summed E-state index contributed by atoms with van der Waals surface area (Å²) in [5.74, 6) is -6.20. The lowest BCUT2D eigenvalue weighted by Crippen LogP contribution is -2.42. The van der Waals surface area contributed by atoms with Crippen molar-refractivity contribution in [1.29, 1.82) is 0 Å². The Morgan fingerprint density at radius 1 is 1.15 bits per heavy atom. The molecule has 3 rings (SSSR count). The number of carbonyl (C=O) groups excluding carboxylic acids is 2. The molecule has 0 fully saturated rings. The van der Waals surface area contributed by atoms with E-state index in [-0.39, 0.29) is 43.7 Å². The first kappa shape index (κ1) is 24.4. The number of amides is 1. The molecular formula is C19H18F6N4O4. The SMILES string of the molecule is COC(=O)Oc1nc(C(F)(F)F)n2c1CN(C(=O)C[C@H](N)Cc1cc(F)c(F)cc1F)CC2. The Bertz CT molecular complexity index is 1070. The summed E-state index contributed by atoms with van der Waals surface area (Å²) in [5, 5.41) is 0. The molecule has 1 aliphatic rings. The van der Waals surface area contributed by atoms with Crippen molar-refractivity contribution in [3.05, 3.63) is 46.7 Å². The van der Waals surface area contributed by atoms with Crippen LogP contribution in [0.5, 0.6) is 5.88 Å². The molecule has 0 radical (unpaired) electrons. The Hall–Kier alpha value is -3.29. The van der Waals surface area contributed by atoms with Gasteiger partial charge in [-0.1, -0.05) is 0 Å². The minimum atomic E-state index is -4.84. The molecule has 1 aromatic heterocycles. The van der Waals surface area contributed by atoms with E-state index in [0.717, 1.165) is 11.7 Å². The second-order valence-electron chi connectivity index (χ2n) is 7.23. The molecule has 2 aromatic rings. The fraction of sp³-hybridized carbons (Fsp3) is 0.421. The molecule has 0 spiro atoms. The van der Waals surface area contributed by atoms with Crippen LogP contribution in [-0.4, -0.2) is 46.2 Å². The summed E-state index contributed by atoms with van der Waals surface area (Å²) < 4.78 is 89.9. The van der Waals surface area contributed by atoms with Crippen molar-refractivity contribution in [3.63, 3.8) is 0 Å². The van der Waals surface area contributed by atoms with Crippen molar-refractivity contribution >= 4 is 12.1 Å². The molecule has 1 aliphatic heterocycles. The number of ether oxygens (including phenoxy) is 2. The quantitative estimate of drug-likeness (QED) is 0.402. The second kappa shape index (κ2) is 9.29. The van der Waals surface area contributed by atoms with Gasteiger partial charge in [-0.3, -0.25) is 4.79 Å². The van der Waals surface area contributed by atoms with Crippen LogP contribution >= 0.6 is 0 Å². The molecule has 0 aliphatic carbocycles. The number of imidazole rings is 1. The molecule has 1 aromatic carbocycles. The number of carbonyl (C=O) groups is 2. The highest BCUT2D eigenvalue weighted by atomic mass is 19.4. The molecule has 0 saturated carbocycles. The number of rotatable bonds is 5. The molecule has 33 heavy (non-hydrogen) atoms. The van der Waals surface area contributed by atoms with Crippen molar-refractivity contribution < 1.29 is 45.4 Å². The molecule has 1 atom stereocenters. The van der Waals surface area contributed by atoms with Gasteiger partial charge in [-0.2, -0.15) is 18.2 Å². The number of hydrogen-bond acceptors (Lipinski definition) is 6. The molecule has 1 amide bonds. The standard InChI is InChI=1S/C19H18F6N4O4/c1-32-18(31)33-16-14-8-28(2-3-29(14)17(27-16)19(23,24)25)15(30)6-10(26)4-9-5-12(21)13(22)7-11(9)20/h5,7,10H,2-4,6,8,26H2,1H3/t10-/m1/s1. The Balaban J connectivity index is 1.74. The third-order valence-electron chi connectivity index (χ3n) is 4.93. The first-order valence-corrected chi connectivity index (χ1v) is 9.49. The number of benzene rings is 1. The maximum absolute atomic E-state index is 13.8. The third-order valence-corrected chi connectivity index (χ3v) is 4.93. The van der Waals surface area contributed by atoms with Crippen LogP contribution in [0, 0.1) is 17.5 Å². The zero-order chi connectivity index (χ0) is 24.5. The average molecular weight is 480 g/mol. The van der Waals surface area contributed by atoms with Gasteiger partial charge in [0.2, 0.25) is 17.6 Å². The molecule has 14 heteroatoms. The molecule has 0 bridgehead atoms. The van der Waals surface area contributed by atoms with Gasteiger partial charge in [-0.25, -0.2) is 18.0 Å². The predicted molar refractivity (Wildman–Crippen MR) is 98.3 cm³/mol. The lowest BCUT2D eigenvalue weighted by Gasteiger charge is -2.30. The number of nitrogens with two attached hydrogens (primary N) is 1. The van der Waals surface area contributed by atoms with Gasteiger partial charge in [-0.15, -0.1) is 0 Å². The molecular weight excluding hydrogens is 462 g/mol. The van der Waals surface area contributed by atoms with E-state index < -0.39 is 53.4 Å². The minimum Gasteiger partial charge on any atom is -0.437 e. The fourth-order valence-electron chi connectivity index (χ4n) is 3.40. The monoisotopic (exact) mass is 480 g/mol. The van der Waals surface area contributed by atoms with Gasteiger partial charge in [-0.05, 0) is 18.1 Å². The van der Waals surface area contributed by atoms with Crippen molar-refractivity contribution in [2.24, 2.45) is 5.73 Å². The normalized spacial score (nSPS) is 14.6.